The number of nitrogens with one attached hydrogen (secondary N) is 2. The first-order valence-electron chi connectivity index (χ1n) is 7.73. The number of hydrogen-bond donors (Lipinski definition) is 4. The summed E-state index contributed by atoms with van der Waals surface area (Å²) in [5, 5.41) is 2.34. The molecule has 0 spiro atoms. The van der Waals surface area contributed by atoms with E-state index in [1.54, 1.807) is 0 Å². The van der Waals surface area contributed by atoms with Crippen LogP contribution in [-0.2, 0) is 0 Å². The zero-order chi connectivity index (χ0) is 18.8. The fourth-order valence-electron chi connectivity index (χ4n) is 2.59. The molecule has 2 aromatic heterocycles. The summed E-state index contributed by atoms with van der Waals surface area (Å²) >= 11 is 5.78. The lowest BCUT2D eigenvalue weighted by Crippen LogP contribution is -2.36. The van der Waals surface area contributed by atoms with Gasteiger partial charge in [0.05, 0.1) is 11.9 Å². The summed E-state index contributed by atoms with van der Waals surface area (Å²) in [4.78, 5) is 39.5. The Hall–Kier alpha value is -2.95. The van der Waals surface area contributed by atoms with Crippen molar-refractivity contribution in [3.8, 4) is 0 Å². The van der Waals surface area contributed by atoms with Crippen LogP contribution in [0.3, 0.4) is 0 Å². The summed E-state index contributed by atoms with van der Waals surface area (Å²) in [5.74, 6) is -0.949. The molecule has 0 saturated carbocycles. The molecule has 26 heavy (non-hydrogen) atoms. The Morgan fingerprint density at radius 3 is 2.69 bits per heavy atom. The van der Waals surface area contributed by atoms with Crippen LogP contribution in [0.4, 0.5) is 27.5 Å². The Kier molecular flexibility index (Phi) is 4.89. The molecule has 0 bridgehead atoms. The summed E-state index contributed by atoms with van der Waals surface area (Å²) in [6.07, 6.45) is 1.14. The molecule has 0 aliphatic carbocycles. The molecule has 1 saturated heterocycles. The highest BCUT2D eigenvalue weighted by Gasteiger charge is 2.23. The summed E-state index contributed by atoms with van der Waals surface area (Å²) in [5.41, 5.74) is 10.7. The van der Waals surface area contributed by atoms with Crippen molar-refractivity contribution in [1.29, 1.82) is 0 Å². The fourth-order valence-corrected chi connectivity index (χ4v) is 2.72. The largest absolute Gasteiger partial charge is 0.382 e. The van der Waals surface area contributed by atoms with E-state index in [9.17, 15) is 14.0 Å². The lowest BCUT2D eigenvalue weighted by atomic mass is 10.1. The summed E-state index contributed by atoms with van der Waals surface area (Å²) in [6, 6.07) is 0. The molecule has 1 aliphatic rings. The average Bonchev–Trinajstić information content (AvgIpc) is 2.59. The van der Waals surface area contributed by atoms with Gasteiger partial charge < -0.3 is 21.7 Å². The number of anilines is 4. The first-order valence-corrected chi connectivity index (χ1v) is 8.11. The summed E-state index contributed by atoms with van der Waals surface area (Å²) in [7, 11) is 0. The topological polar surface area (TPSA) is 156 Å². The molecular formula is C14H16ClFN8O2. The number of aromatic amines is 1. The van der Waals surface area contributed by atoms with E-state index in [2.05, 4.69) is 25.3 Å². The second kappa shape index (κ2) is 7.12. The predicted molar refractivity (Wildman–Crippen MR) is 95.0 cm³/mol. The third kappa shape index (κ3) is 3.67. The van der Waals surface area contributed by atoms with Crippen LogP contribution in [0.15, 0.2) is 11.0 Å². The van der Waals surface area contributed by atoms with Crippen molar-refractivity contribution in [3.63, 3.8) is 0 Å². The van der Waals surface area contributed by atoms with Gasteiger partial charge in [-0.1, -0.05) is 11.6 Å². The van der Waals surface area contributed by atoms with E-state index in [1.807, 2.05) is 4.90 Å². The molecule has 3 rings (SSSR count). The lowest BCUT2D eigenvalue weighted by molar-refractivity contribution is 0.102. The van der Waals surface area contributed by atoms with Crippen LogP contribution in [0.5, 0.6) is 0 Å². The van der Waals surface area contributed by atoms with Gasteiger partial charge in [-0.25, -0.2) is 19.2 Å². The highest BCUT2D eigenvalue weighted by Crippen LogP contribution is 2.26. The average molecular weight is 383 g/mol. The molecule has 0 atom stereocenters. The molecule has 12 heteroatoms. The Balaban J connectivity index is 1.90. The molecule has 0 unspecified atom stereocenters. The number of carbonyl (C=O) groups is 1. The van der Waals surface area contributed by atoms with Crippen LogP contribution in [0.25, 0.3) is 0 Å². The van der Waals surface area contributed by atoms with Crippen molar-refractivity contribution >= 4 is 40.6 Å². The third-order valence-electron chi connectivity index (χ3n) is 3.92. The third-order valence-corrected chi connectivity index (χ3v) is 4.19. The van der Waals surface area contributed by atoms with Crippen molar-refractivity contribution in [2.45, 2.75) is 19.0 Å². The molecule has 138 valence electrons. The quantitative estimate of drug-likeness (QED) is 0.600. The zero-order valence-electron chi connectivity index (χ0n) is 13.5. The summed E-state index contributed by atoms with van der Waals surface area (Å²) in [6.45, 7) is 0.848. The normalized spacial score (nSPS) is 15.1. The van der Waals surface area contributed by atoms with Crippen molar-refractivity contribution in [1.82, 2.24) is 19.9 Å². The molecule has 3 heterocycles. The molecule has 10 nitrogen and oxygen atoms in total. The molecule has 1 amide bonds. The fraction of sp³-hybridized carbons (Fsp3) is 0.357. The number of aromatic nitrogens is 4. The Labute approximate surface area is 151 Å². The first kappa shape index (κ1) is 17.9. The van der Waals surface area contributed by atoms with Crippen molar-refractivity contribution in [3.05, 3.63) is 27.5 Å². The summed E-state index contributed by atoms with van der Waals surface area (Å²) < 4.78 is 13.4. The number of nitrogen functional groups attached to an aromatic ring is 2. The van der Waals surface area contributed by atoms with Crippen LogP contribution >= 0.6 is 11.6 Å². The number of alkyl halides is 1. The van der Waals surface area contributed by atoms with Crippen LogP contribution in [0, 0.1) is 0 Å². The number of amides is 1. The van der Waals surface area contributed by atoms with Gasteiger partial charge >= 0.3 is 5.69 Å². The maximum atomic E-state index is 13.4. The van der Waals surface area contributed by atoms with Gasteiger partial charge in [0, 0.05) is 13.1 Å². The maximum Gasteiger partial charge on any atom is 0.346 e. The van der Waals surface area contributed by atoms with Crippen LogP contribution in [0.1, 0.15) is 23.3 Å². The molecule has 1 fully saturated rings. The van der Waals surface area contributed by atoms with Gasteiger partial charge in [-0.15, -0.1) is 0 Å². The standard InChI is InChI=1S/C14H16ClFN8O2/c15-9-11(18)21-10(17)8(20-9)13(25)22-12-7(5-19-14(26)23-12)24-3-1-6(16)2-4-24/h5-6H,1-4H2,(H4,17,18,21)(H2,19,22,23,25,26). The number of halogens is 2. The van der Waals surface area contributed by atoms with Crippen molar-refractivity contribution < 1.29 is 9.18 Å². The number of piperidine rings is 1. The second-order valence-electron chi connectivity index (χ2n) is 5.70. The van der Waals surface area contributed by atoms with Crippen LogP contribution in [-0.4, -0.2) is 45.1 Å². The van der Waals surface area contributed by atoms with E-state index in [0.29, 0.717) is 31.6 Å². The highest BCUT2D eigenvalue weighted by atomic mass is 35.5. The maximum absolute atomic E-state index is 13.4. The Bertz CT molecular complexity index is 897. The number of hydrogen-bond acceptors (Lipinski definition) is 8. The van der Waals surface area contributed by atoms with Gasteiger partial charge in [-0.2, -0.15) is 4.98 Å². The van der Waals surface area contributed by atoms with Gasteiger partial charge in [0.15, 0.2) is 22.5 Å². The number of H-pyrrole nitrogens is 1. The Morgan fingerprint density at radius 2 is 2.00 bits per heavy atom. The van der Waals surface area contributed by atoms with Gasteiger partial charge in [-0.05, 0) is 12.8 Å². The molecule has 2 aromatic rings. The van der Waals surface area contributed by atoms with Crippen molar-refractivity contribution in [2.24, 2.45) is 0 Å². The molecule has 1 aliphatic heterocycles. The van der Waals surface area contributed by atoms with Gasteiger partial charge in [0.1, 0.15) is 12.0 Å². The monoisotopic (exact) mass is 382 g/mol. The number of carbonyl (C=O) groups excluding carboxylic acids is 1. The van der Waals surface area contributed by atoms with E-state index >= 15 is 0 Å². The van der Waals surface area contributed by atoms with E-state index in [0.717, 1.165) is 0 Å². The molecule has 6 N–H and O–H groups in total. The minimum atomic E-state index is -0.869. The highest BCUT2D eigenvalue weighted by molar-refractivity contribution is 6.31. The SMILES string of the molecule is Nc1nc(N)c(C(=O)Nc2[nH]c(=O)ncc2N2CCC(F)CC2)nc1Cl. The van der Waals surface area contributed by atoms with Gasteiger partial charge in [-0.3, -0.25) is 9.78 Å². The van der Waals surface area contributed by atoms with Gasteiger partial charge in [0.25, 0.3) is 5.91 Å². The minimum Gasteiger partial charge on any atom is -0.382 e. The lowest BCUT2D eigenvalue weighted by Gasteiger charge is -2.31. The predicted octanol–water partition coefficient (Wildman–Crippen LogP) is 0.568. The van der Waals surface area contributed by atoms with Crippen LogP contribution < -0.4 is 27.4 Å². The van der Waals surface area contributed by atoms with E-state index in [-0.39, 0.29) is 28.3 Å². The number of rotatable bonds is 3. The number of nitrogens with two attached hydrogens (primary N) is 2. The second-order valence-corrected chi connectivity index (χ2v) is 6.06. The van der Waals surface area contributed by atoms with E-state index < -0.39 is 17.8 Å². The first-order chi connectivity index (χ1) is 12.3. The minimum absolute atomic E-state index is 0.0986. The van der Waals surface area contributed by atoms with Gasteiger partial charge in [0.2, 0.25) is 0 Å². The molecular weight excluding hydrogens is 367 g/mol. The van der Waals surface area contributed by atoms with Crippen molar-refractivity contribution in [2.75, 3.05) is 34.8 Å². The number of nitrogens with zero attached hydrogens (tertiary/aromatic N) is 4. The van der Waals surface area contributed by atoms with E-state index in [4.69, 9.17) is 23.1 Å². The zero-order valence-corrected chi connectivity index (χ0v) is 14.3. The Morgan fingerprint density at radius 1 is 1.31 bits per heavy atom. The van der Waals surface area contributed by atoms with E-state index in [1.165, 1.54) is 6.20 Å². The van der Waals surface area contributed by atoms with Crippen LogP contribution in [0.2, 0.25) is 5.15 Å². The molecule has 0 radical (unpaired) electrons. The molecule has 0 aromatic carbocycles. The smallest absolute Gasteiger partial charge is 0.346 e.